The standard InChI is InChI=1S/C22H26F4N4O2/c1-2-14-32-19(20(31)29-27)18-17(22(24,25)26)16(8-11-28-18)30-12-9-21(23,10-13-30)15-6-4-3-5-7-15/h3-8,11,19H,2,9-10,12-14,27H2,1H3,(H,29,31). The smallest absolute Gasteiger partial charge is 0.371 e. The van der Waals surface area contributed by atoms with Crippen molar-refractivity contribution in [1.29, 1.82) is 0 Å². The van der Waals surface area contributed by atoms with Gasteiger partial charge in [-0.1, -0.05) is 37.3 Å². The van der Waals surface area contributed by atoms with Gasteiger partial charge in [-0.05, 0) is 18.1 Å². The molecule has 2 heterocycles. The van der Waals surface area contributed by atoms with Crippen molar-refractivity contribution in [3.63, 3.8) is 0 Å². The lowest BCUT2D eigenvalue weighted by molar-refractivity contribution is -0.142. The summed E-state index contributed by atoms with van der Waals surface area (Å²) < 4.78 is 63.4. The van der Waals surface area contributed by atoms with Crippen molar-refractivity contribution in [3.05, 3.63) is 59.4 Å². The Hall–Kier alpha value is -2.72. The third-order valence-corrected chi connectivity index (χ3v) is 5.55. The Bertz CT molecular complexity index is 916. The van der Waals surface area contributed by atoms with E-state index in [0.29, 0.717) is 12.0 Å². The number of pyridine rings is 1. The quantitative estimate of drug-likeness (QED) is 0.286. The summed E-state index contributed by atoms with van der Waals surface area (Å²) in [6.45, 7) is 1.95. The molecule has 0 aliphatic carbocycles. The molecule has 174 valence electrons. The minimum atomic E-state index is -4.81. The summed E-state index contributed by atoms with van der Waals surface area (Å²) in [6, 6.07) is 9.85. The number of hydrogen-bond donors (Lipinski definition) is 2. The van der Waals surface area contributed by atoms with Gasteiger partial charge in [-0.2, -0.15) is 13.2 Å². The molecule has 3 rings (SSSR count). The molecule has 1 aromatic carbocycles. The molecule has 1 fully saturated rings. The molecule has 0 saturated carbocycles. The van der Waals surface area contributed by atoms with Gasteiger partial charge < -0.3 is 9.64 Å². The second-order valence-electron chi connectivity index (χ2n) is 7.67. The van der Waals surface area contributed by atoms with Crippen LogP contribution in [0.4, 0.5) is 23.2 Å². The van der Waals surface area contributed by atoms with Gasteiger partial charge in [0.15, 0.2) is 6.10 Å². The van der Waals surface area contributed by atoms with Crippen LogP contribution in [0.25, 0.3) is 0 Å². The van der Waals surface area contributed by atoms with Crippen LogP contribution in [0, 0.1) is 0 Å². The number of amides is 1. The van der Waals surface area contributed by atoms with Gasteiger partial charge in [0.05, 0.1) is 11.4 Å². The van der Waals surface area contributed by atoms with Crippen LogP contribution in [0.1, 0.15) is 49.1 Å². The molecule has 10 heteroatoms. The summed E-state index contributed by atoms with van der Waals surface area (Å²) in [5, 5.41) is 0. The Morgan fingerprint density at radius 2 is 1.91 bits per heavy atom. The number of hydrazine groups is 1. The number of halogens is 4. The SMILES string of the molecule is CCCOC(C(=O)NN)c1nccc(N2CCC(F)(c3ccccc3)CC2)c1C(F)(F)F. The van der Waals surface area contributed by atoms with E-state index in [2.05, 4.69) is 4.98 Å². The third-order valence-electron chi connectivity index (χ3n) is 5.55. The molecule has 32 heavy (non-hydrogen) atoms. The first kappa shape index (κ1) is 23.9. The summed E-state index contributed by atoms with van der Waals surface area (Å²) in [5.74, 6) is 4.24. The van der Waals surface area contributed by atoms with Crippen molar-refractivity contribution >= 4 is 11.6 Å². The molecule has 1 saturated heterocycles. The van der Waals surface area contributed by atoms with E-state index < -0.39 is 35.1 Å². The van der Waals surface area contributed by atoms with E-state index in [9.17, 15) is 18.0 Å². The van der Waals surface area contributed by atoms with Crippen molar-refractivity contribution in [2.45, 2.75) is 44.1 Å². The van der Waals surface area contributed by atoms with Crippen molar-refractivity contribution in [2.24, 2.45) is 5.84 Å². The van der Waals surface area contributed by atoms with Gasteiger partial charge in [0, 0.05) is 38.7 Å². The third kappa shape index (κ3) is 5.02. The zero-order chi connectivity index (χ0) is 23.4. The number of nitrogens with one attached hydrogen (secondary N) is 1. The molecule has 1 aliphatic heterocycles. The number of piperidine rings is 1. The zero-order valence-electron chi connectivity index (χ0n) is 17.7. The maximum atomic E-state index is 15.5. The average molecular weight is 454 g/mol. The highest BCUT2D eigenvalue weighted by Crippen LogP contribution is 2.44. The molecular formula is C22H26F4N4O2. The van der Waals surface area contributed by atoms with Crippen LogP contribution < -0.4 is 16.2 Å². The number of nitrogens with zero attached hydrogens (tertiary/aromatic N) is 2. The molecule has 0 radical (unpaired) electrons. The monoisotopic (exact) mass is 454 g/mol. The maximum absolute atomic E-state index is 15.5. The first-order chi connectivity index (χ1) is 15.2. The van der Waals surface area contributed by atoms with Crippen molar-refractivity contribution < 1.29 is 27.1 Å². The lowest BCUT2D eigenvalue weighted by Crippen LogP contribution is -2.42. The van der Waals surface area contributed by atoms with Crippen LogP contribution in [0.5, 0.6) is 0 Å². The summed E-state index contributed by atoms with van der Waals surface area (Å²) >= 11 is 0. The number of hydrogen-bond acceptors (Lipinski definition) is 5. The number of carbonyl (C=O) groups is 1. The van der Waals surface area contributed by atoms with Gasteiger partial charge in [0.1, 0.15) is 11.2 Å². The average Bonchev–Trinajstić information content (AvgIpc) is 2.79. The number of rotatable bonds is 7. The minimum absolute atomic E-state index is 0.0328. The number of nitrogens with two attached hydrogens (primary N) is 1. The molecule has 0 bridgehead atoms. The van der Waals surface area contributed by atoms with Crippen molar-refractivity contribution in [1.82, 2.24) is 10.4 Å². The molecule has 6 nitrogen and oxygen atoms in total. The van der Waals surface area contributed by atoms with Crippen LogP contribution >= 0.6 is 0 Å². The second kappa shape index (κ2) is 9.83. The summed E-state index contributed by atoms with van der Waals surface area (Å²) in [6.07, 6.45) is -4.69. The highest BCUT2D eigenvalue weighted by molar-refractivity contribution is 5.82. The van der Waals surface area contributed by atoms with E-state index in [0.717, 1.165) is 0 Å². The van der Waals surface area contributed by atoms with E-state index in [4.69, 9.17) is 10.6 Å². The lowest BCUT2D eigenvalue weighted by atomic mass is 9.86. The largest absolute Gasteiger partial charge is 0.420 e. The first-order valence-electron chi connectivity index (χ1n) is 10.4. The predicted molar refractivity (Wildman–Crippen MR) is 111 cm³/mol. The fraction of sp³-hybridized carbons (Fsp3) is 0.455. The van der Waals surface area contributed by atoms with Crippen LogP contribution in [0.2, 0.25) is 0 Å². The van der Waals surface area contributed by atoms with Gasteiger partial charge in [-0.15, -0.1) is 0 Å². The van der Waals surface area contributed by atoms with Crippen LogP contribution in [0.3, 0.4) is 0 Å². The zero-order valence-corrected chi connectivity index (χ0v) is 17.7. The molecular weight excluding hydrogens is 428 g/mol. The van der Waals surface area contributed by atoms with E-state index in [1.807, 2.05) is 5.43 Å². The number of benzene rings is 1. The lowest BCUT2D eigenvalue weighted by Gasteiger charge is -2.39. The van der Waals surface area contributed by atoms with E-state index >= 15 is 4.39 Å². The van der Waals surface area contributed by atoms with Gasteiger partial charge >= 0.3 is 6.18 Å². The Morgan fingerprint density at radius 3 is 2.47 bits per heavy atom. The molecule has 2 aromatic rings. The highest BCUT2D eigenvalue weighted by atomic mass is 19.4. The number of ether oxygens (including phenoxy) is 1. The van der Waals surface area contributed by atoms with Crippen LogP contribution in [-0.2, 0) is 21.4 Å². The number of aromatic nitrogens is 1. The molecule has 1 aliphatic rings. The minimum Gasteiger partial charge on any atom is -0.371 e. The summed E-state index contributed by atoms with van der Waals surface area (Å²) in [7, 11) is 0. The van der Waals surface area contributed by atoms with Gasteiger partial charge in [-0.3, -0.25) is 15.2 Å². The fourth-order valence-electron chi connectivity index (χ4n) is 3.94. The Labute approximate surface area is 183 Å². The Kier molecular flexibility index (Phi) is 7.35. The van der Waals surface area contributed by atoms with Crippen molar-refractivity contribution in [3.8, 4) is 0 Å². The van der Waals surface area contributed by atoms with Crippen molar-refractivity contribution in [2.75, 3.05) is 24.6 Å². The molecule has 1 amide bonds. The maximum Gasteiger partial charge on any atom is 0.420 e. The number of alkyl halides is 4. The normalized spacial score (nSPS) is 17.1. The molecule has 1 aromatic heterocycles. The summed E-state index contributed by atoms with van der Waals surface area (Å²) in [4.78, 5) is 17.5. The van der Waals surface area contributed by atoms with Crippen LogP contribution in [-0.4, -0.2) is 30.6 Å². The molecule has 1 unspecified atom stereocenters. The fourth-order valence-corrected chi connectivity index (χ4v) is 3.94. The molecule has 0 spiro atoms. The van der Waals surface area contributed by atoms with E-state index in [1.54, 1.807) is 37.3 Å². The highest BCUT2D eigenvalue weighted by Gasteiger charge is 2.44. The van der Waals surface area contributed by atoms with Crippen LogP contribution in [0.15, 0.2) is 42.6 Å². The number of anilines is 1. The number of carbonyl (C=O) groups excluding carboxylic acids is 1. The topological polar surface area (TPSA) is 80.5 Å². The van der Waals surface area contributed by atoms with Gasteiger partial charge in [0.25, 0.3) is 5.91 Å². The van der Waals surface area contributed by atoms with E-state index in [1.165, 1.54) is 17.2 Å². The van der Waals surface area contributed by atoms with E-state index in [-0.39, 0.29) is 38.2 Å². The molecule has 3 N–H and O–H groups in total. The Morgan fingerprint density at radius 1 is 1.25 bits per heavy atom. The second-order valence-corrected chi connectivity index (χ2v) is 7.67. The Balaban J connectivity index is 1.95. The van der Waals surface area contributed by atoms with Gasteiger partial charge in [0.2, 0.25) is 0 Å². The van der Waals surface area contributed by atoms with Gasteiger partial charge in [-0.25, -0.2) is 10.2 Å². The molecule has 1 atom stereocenters. The first-order valence-corrected chi connectivity index (χ1v) is 10.4. The summed E-state index contributed by atoms with van der Waals surface area (Å²) in [5.41, 5.74) is -1.05. The predicted octanol–water partition coefficient (Wildman–Crippen LogP) is 4.02.